The number of nitrogens with two attached hydrogens (primary N) is 1. The molecule has 1 aromatic rings. The highest BCUT2D eigenvalue weighted by Crippen LogP contribution is 2.34. The van der Waals surface area contributed by atoms with E-state index in [0.29, 0.717) is 0 Å². The van der Waals surface area contributed by atoms with E-state index in [-0.39, 0.29) is 6.61 Å². The van der Waals surface area contributed by atoms with Crippen LogP contribution in [0.2, 0.25) is 0 Å². The summed E-state index contributed by atoms with van der Waals surface area (Å²) in [6, 6.07) is 7.79. The van der Waals surface area contributed by atoms with Crippen LogP contribution < -0.4 is 11.2 Å². The molecule has 1 aromatic carbocycles. The van der Waals surface area contributed by atoms with Crippen LogP contribution in [0, 0.1) is 0 Å². The summed E-state index contributed by atoms with van der Waals surface area (Å²) in [5, 5.41) is 0. The van der Waals surface area contributed by atoms with Crippen LogP contribution in [0.1, 0.15) is 5.56 Å². The number of carbonyl (C=O) groups excluding carboxylic acids is 1. The second-order valence-corrected chi connectivity index (χ2v) is 5.39. The SMILES string of the molecule is NC(CP(=O)(O)O)C(=O)NOCc1ccccc1. The molecule has 8 heteroatoms. The van der Waals surface area contributed by atoms with Gasteiger partial charge in [0.15, 0.2) is 0 Å². The van der Waals surface area contributed by atoms with Gasteiger partial charge >= 0.3 is 7.60 Å². The lowest BCUT2D eigenvalue weighted by Crippen LogP contribution is -2.42. The van der Waals surface area contributed by atoms with Crippen LogP contribution >= 0.6 is 7.60 Å². The normalized spacial score (nSPS) is 13.1. The Kier molecular flexibility index (Phi) is 5.46. The molecule has 1 amide bonds. The molecule has 0 spiro atoms. The first kappa shape index (κ1) is 14.8. The van der Waals surface area contributed by atoms with E-state index in [1.807, 2.05) is 35.8 Å². The largest absolute Gasteiger partial charge is 0.327 e. The van der Waals surface area contributed by atoms with Gasteiger partial charge in [-0.25, -0.2) is 5.48 Å². The average Bonchev–Trinajstić information content (AvgIpc) is 2.28. The Balaban J connectivity index is 2.31. The van der Waals surface area contributed by atoms with E-state index >= 15 is 0 Å². The lowest BCUT2D eigenvalue weighted by molar-refractivity contribution is -0.135. The van der Waals surface area contributed by atoms with Crippen molar-refractivity contribution < 1.29 is 24.0 Å². The van der Waals surface area contributed by atoms with Gasteiger partial charge in [0.2, 0.25) is 0 Å². The van der Waals surface area contributed by atoms with Gasteiger partial charge in [-0.1, -0.05) is 30.3 Å². The van der Waals surface area contributed by atoms with E-state index in [2.05, 4.69) is 0 Å². The fourth-order valence-electron chi connectivity index (χ4n) is 1.18. The maximum Gasteiger partial charge on any atom is 0.327 e. The van der Waals surface area contributed by atoms with Gasteiger partial charge in [0.25, 0.3) is 5.91 Å². The molecule has 0 aliphatic carbocycles. The molecule has 0 bridgehead atoms. The van der Waals surface area contributed by atoms with Crippen molar-refractivity contribution in [1.29, 1.82) is 0 Å². The predicted molar refractivity (Wildman–Crippen MR) is 64.3 cm³/mol. The molecule has 0 fully saturated rings. The third kappa shape index (κ3) is 5.90. The molecule has 0 heterocycles. The first-order valence-corrected chi connectivity index (χ1v) is 6.94. The smallest absolute Gasteiger partial charge is 0.324 e. The maximum atomic E-state index is 11.3. The second kappa shape index (κ2) is 6.63. The molecular formula is C10H15N2O5P. The molecule has 1 atom stereocenters. The third-order valence-corrected chi connectivity index (χ3v) is 2.89. The molecule has 18 heavy (non-hydrogen) atoms. The standard InChI is InChI=1S/C10H15N2O5P/c11-9(7-18(14,15)16)10(13)12-17-6-8-4-2-1-3-5-8/h1-5,9H,6-7,11H2,(H,12,13)(H2,14,15,16). The van der Waals surface area contributed by atoms with Crippen molar-refractivity contribution in [2.24, 2.45) is 5.73 Å². The molecule has 7 nitrogen and oxygen atoms in total. The lowest BCUT2D eigenvalue weighted by Gasteiger charge is -2.12. The van der Waals surface area contributed by atoms with Crippen molar-refractivity contribution in [3.05, 3.63) is 35.9 Å². The summed E-state index contributed by atoms with van der Waals surface area (Å²) >= 11 is 0. The molecule has 0 aliphatic rings. The number of hydroxylamine groups is 1. The number of hydrogen-bond donors (Lipinski definition) is 4. The van der Waals surface area contributed by atoms with Crippen LogP contribution in [-0.4, -0.2) is 27.9 Å². The van der Waals surface area contributed by atoms with E-state index in [1.54, 1.807) is 0 Å². The van der Waals surface area contributed by atoms with Gasteiger partial charge in [0.05, 0.1) is 18.8 Å². The van der Waals surface area contributed by atoms with E-state index in [9.17, 15) is 9.36 Å². The van der Waals surface area contributed by atoms with Crippen molar-refractivity contribution in [3.63, 3.8) is 0 Å². The summed E-state index contributed by atoms with van der Waals surface area (Å²) in [4.78, 5) is 33.5. The summed E-state index contributed by atoms with van der Waals surface area (Å²) in [5.74, 6) is -0.769. The second-order valence-electron chi connectivity index (χ2n) is 3.69. The molecule has 5 N–H and O–H groups in total. The van der Waals surface area contributed by atoms with Crippen molar-refractivity contribution in [3.8, 4) is 0 Å². The average molecular weight is 274 g/mol. The van der Waals surface area contributed by atoms with Crippen LogP contribution in [0.25, 0.3) is 0 Å². The highest BCUT2D eigenvalue weighted by Gasteiger charge is 2.24. The van der Waals surface area contributed by atoms with Crippen molar-refractivity contribution >= 4 is 13.5 Å². The Morgan fingerprint density at radius 1 is 1.39 bits per heavy atom. The van der Waals surface area contributed by atoms with E-state index in [0.717, 1.165) is 5.56 Å². The van der Waals surface area contributed by atoms with Crippen molar-refractivity contribution in [1.82, 2.24) is 5.48 Å². The first-order valence-electron chi connectivity index (χ1n) is 5.14. The summed E-state index contributed by atoms with van der Waals surface area (Å²) < 4.78 is 10.6. The van der Waals surface area contributed by atoms with Gasteiger partial charge < -0.3 is 15.5 Å². The van der Waals surface area contributed by atoms with Gasteiger partial charge in [-0.3, -0.25) is 14.2 Å². The lowest BCUT2D eigenvalue weighted by atomic mass is 10.2. The predicted octanol–water partition coefficient (Wildman–Crippen LogP) is -0.261. The van der Waals surface area contributed by atoms with Crippen molar-refractivity contribution in [2.45, 2.75) is 12.6 Å². The van der Waals surface area contributed by atoms with Crippen LogP contribution in [0.3, 0.4) is 0 Å². The number of nitrogens with one attached hydrogen (secondary N) is 1. The van der Waals surface area contributed by atoms with E-state index < -0.39 is 25.7 Å². The fourth-order valence-corrected chi connectivity index (χ4v) is 1.86. The third-order valence-electron chi connectivity index (χ3n) is 2.03. The molecule has 0 radical (unpaired) electrons. The maximum absolute atomic E-state index is 11.3. The molecule has 0 saturated carbocycles. The molecule has 100 valence electrons. The topological polar surface area (TPSA) is 122 Å². The zero-order valence-electron chi connectivity index (χ0n) is 9.52. The quantitative estimate of drug-likeness (QED) is 0.419. The molecule has 0 aromatic heterocycles. The Morgan fingerprint density at radius 3 is 2.56 bits per heavy atom. The highest BCUT2D eigenvalue weighted by atomic mass is 31.2. The van der Waals surface area contributed by atoms with Crippen LogP contribution in [-0.2, 0) is 20.8 Å². The number of amides is 1. The van der Waals surface area contributed by atoms with Gasteiger partial charge in [0, 0.05) is 0 Å². The minimum Gasteiger partial charge on any atom is -0.324 e. The summed E-state index contributed by atoms with van der Waals surface area (Å²) in [5.41, 5.74) is 8.19. The van der Waals surface area contributed by atoms with E-state index in [1.165, 1.54) is 0 Å². The van der Waals surface area contributed by atoms with Gasteiger partial charge in [-0.05, 0) is 5.56 Å². The number of hydrogen-bond acceptors (Lipinski definition) is 4. The van der Waals surface area contributed by atoms with Crippen LogP contribution in [0.15, 0.2) is 30.3 Å². The number of carbonyl (C=O) groups is 1. The Hall–Kier alpha value is -1.24. The van der Waals surface area contributed by atoms with Gasteiger partial charge in [0.1, 0.15) is 0 Å². The van der Waals surface area contributed by atoms with E-state index in [4.69, 9.17) is 20.4 Å². The van der Waals surface area contributed by atoms with Crippen LogP contribution in [0.5, 0.6) is 0 Å². The summed E-state index contributed by atoms with van der Waals surface area (Å²) in [7, 11) is -4.31. The van der Waals surface area contributed by atoms with Crippen molar-refractivity contribution in [2.75, 3.05) is 6.16 Å². The zero-order chi connectivity index (χ0) is 13.6. The Labute approximate surface area is 104 Å². The molecule has 0 aliphatic heterocycles. The summed E-state index contributed by atoms with van der Waals surface area (Å²) in [6.45, 7) is 0.148. The Morgan fingerprint density at radius 2 is 2.00 bits per heavy atom. The summed E-state index contributed by atoms with van der Waals surface area (Å²) in [6.07, 6.45) is -0.715. The van der Waals surface area contributed by atoms with Gasteiger partial charge in [-0.15, -0.1) is 0 Å². The Bertz CT molecular complexity index is 433. The van der Waals surface area contributed by atoms with Gasteiger partial charge in [-0.2, -0.15) is 0 Å². The first-order chi connectivity index (χ1) is 8.38. The minimum absolute atomic E-state index is 0.148. The number of rotatable bonds is 6. The monoisotopic (exact) mass is 274 g/mol. The minimum atomic E-state index is -4.31. The number of benzene rings is 1. The molecule has 1 rings (SSSR count). The molecular weight excluding hydrogens is 259 g/mol. The fraction of sp³-hybridized carbons (Fsp3) is 0.300. The van der Waals surface area contributed by atoms with Crippen LogP contribution in [0.4, 0.5) is 0 Å². The molecule has 0 saturated heterocycles. The highest BCUT2D eigenvalue weighted by molar-refractivity contribution is 7.51. The zero-order valence-corrected chi connectivity index (χ0v) is 10.4. The molecule has 1 unspecified atom stereocenters.